The molecule has 2 rings (SSSR count). The summed E-state index contributed by atoms with van der Waals surface area (Å²) in [5.74, 6) is 0.839. The first-order chi connectivity index (χ1) is 7.81. The van der Waals surface area contributed by atoms with E-state index < -0.39 is 0 Å². The van der Waals surface area contributed by atoms with Crippen LogP contribution in [0.4, 0.5) is 5.95 Å². The average Bonchev–Trinajstić information content (AvgIpc) is 2.75. The minimum atomic E-state index is 0.277. The molecule has 1 unspecified atom stereocenters. The Balaban J connectivity index is 2.04. The van der Waals surface area contributed by atoms with Gasteiger partial charge in [-0.25, -0.2) is 9.97 Å². The Morgan fingerprint density at radius 1 is 1.44 bits per heavy atom. The number of aliphatic hydroxyl groups excluding tert-OH is 1. The van der Waals surface area contributed by atoms with Crippen molar-refractivity contribution in [2.45, 2.75) is 38.6 Å². The zero-order chi connectivity index (χ0) is 11.4. The summed E-state index contributed by atoms with van der Waals surface area (Å²) in [4.78, 5) is 11.0. The third-order valence-electron chi connectivity index (χ3n) is 3.10. The van der Waals surface area contributed by atoms with E-state index in [0.717, 1.165) is 30.9 Å². The van der Waals surface area contributed by atoms with Crippen molar-refractivity contribution in [3.05, 3.63) is 18.0 Å². The van der Waals surface area contributed by atoms with Crippen molar-refractivity contribution >= 4 is 5.95 Å². The first kappa shape index (κ1) is 11.3. The second kappa shape index (κ2) is 5.25. The molecule has 0 spiro atoms. The van der Waals surface area contributed by atoms with Gasteiger partial charge in [0.05, 0.1) is 0 Å². The molecule has 1 N–H and O–H groups in total. The minimum absolute atomic E-state index is 0.277. The van der Waals surface area contributed by atoms with Gasteiger partial charge in [-0.15, -0.1) is 0 Å². The number of aryl methyl sites for hydroxylation is 1. The highest BCUT2D eigenvalue weighted by Crippen LogP contribution is 2.24. The van der Waals surface area contributed by atoms with Crippen LogP contribution in [0.1, 0.15) is 31.2 Å². The van der Waals surface area contributed by atoms with Gasteiger partial charge in [0.1, 0.15) is 0 Å². The minimum Gasteiger partial charge on any atom is -0.396 e. The molecule has 1 aromatic rings. The summed E-state index contributed by atoms with van der Waals surface area (Å²) in [6, 6.07) is 0.509. The number of anilines is 1. The average molecular weight is 221 g/mol. The molecule has 0 aliphatic carbocycles. The normalized spacial score (nSPS) is 20.4. The fourth-order valence-corrected chi connectivity index (χ4v) is 2.26. The van der Waals surface area contributed by atoms with Gasteiger partial charge in [-0.1, -0.05) is 0 Å². The topological polar surface area (TPSA) is 49.2 Å². The second-order valence-corrected chi connectivity index (χ2v) is 4.42. The maximum atomic E-state index is 8.87. The van der Waals surface area contributed by atoms with E-state index in [1.54, 1.807) is 0 Å². The molecule has 88 valence electrons. The van der Waals surface area contributed by atoms with Crippen LogP contribution in [0, 0.1) is 6.92 Å². The van der Waals surface area contributed by atoms with Crippen LogP contribution in [0.2, 0.25) is 0 Å². The number of nitrogens with zero attached hydrogens (tertiary/aromatic N) is 3. The predicted molar refractivity (Wildman–Crippen MR) is 63.5 cm³/mol. The Morgan fingerprint density at radius 2 is 2.19 bits per heavy atom. The van der Waals surface area contributed by atoms with Crippen LogP contribution in [0.5, 0.6) is 0 Å². The number of aliphatic hydroxyl groups is 1. The molecule has 1 aromatic heterocycles. The van der Waals surface area contributed by atoms with Crippen molar-refractivity contribution in [2.24, 2.45) is 0 Å². The highest BCUT2D eigenvalue weighted by molar-refractivity contribution is 5.33. The van der Waals surface area contributed by atoms with Gasteiger partial charge < -0.3 is 10.0 Å². The molecule has 0 radical (unpaired) electrons. The molecular weight excluding hydrogens is 202 g/mol. The monoisotopic (exact) mass is 221 g/mol. The van der Waals surface area contributed by atoms with Crippen LogP contribution in [0.15, 0.2) is 12.4 Å². The maximum absolute atomic E-state index is 8.87. The van der Waals surface area contributed by atoms with E-state index in [-0.39, 0.29) is 6.61 Å². The summed E-state index contributed by atoms with van der Waals surface area (Å²) in [6.07, 6.45) is 8.03. The number of aromatic nitrogens is 2. The van der Waals surface area contributed by atoms with Crippen molar-refractivity contribution in [3.63, 3.8) is 0 Å². The van der Waals surface area contributed by atoms with Gasteiger partial charge in [-0.3, -0.25) is 0 Å². The fraction of sp³-hybridized carbons (Fsp3) is 0.667. The lowest BCUT2D eigenvalue weighted by molar-refractivity contribution is 0.279. The van der Waals surface area contributed by atoms with Crippen molar-refractivity contribution in [3.8, 4) is 0 Å². The lowest BCUT2D eigenvalue weighted by atomic mass is 10.1. The van der Waals surface area contributed by atoms with Crippen molar-refractivity contribution in [1.29, 1.82) is 0 Å². The van der Waals surface area contributed by atoms with Crippen LogP contribution in [-0.4, -0.2) is 34.3 Å². The molecule has 0 bridgehead atoms. The number of hydrogen-bond acceptors (Lipinski definition) is 4. The molecular formula is C12H19N3O. The smallest absolute Gasteiger partial charge is 0.225 e. The van der Waals surface area contributed by atoms with Gasteiger partial charge in [-0.2, -0.15) is 0 Å². The van der Waals surface area contributed by atoms with Gasteiger partial charge in [0.15, 0.2) is 0 Å². The van der Waals surface area contributed by atoms with E-state index in [9.17, 15) is 0 Å². The second-order valence-electron chi connectivity index (χ2n) is 4.42. The van der Waals surface area contributed by atoms with Crippen LogP contribution in [0.25, 0.3) is 0 Å². The van der Waals surface area contributed by atoms with E-state index in [0.29, 0.717) is 6.04 Å². The largest absolute Gasteiger partial charge is 0.396 e. The third-order valence-corrected chi connectivity index (χ3v) is 3.10. The summed E-state index contributed by atoms with van der Waals surface area (Å²) in [5, 5.41) is 8.87. The van der Waals surface area contributed by atoms with Gasteiger partial charge in [0, 0.05) is 31.6 Å². The Morgan fingerprint density at radius 3 is 2.88 bits per heavy atom. The van der Waals surface area contributed by atoms with Crippen LogP contribution >= 0.6 is 0 Å². The van der Waals surface area contributed by atoms with E-state index in [1.807, 2.05) is 19.3 Å². The van der Waals surface area contributed by atoms with Crippen molar-refractivity contribution < 1.29 is 5.11 Å². The van der Waals surface area contributed by atoms with Gasteiger partial charge in [0.25, 0.3) is 0 Å². The van der Waals surface area contributed by atoms with Gasteiger partial charge >= 0.3 is 0 Å². The van der Waals surface area contributed by atoms with Gasteiger partial charge in [0.2, 0.25) is 5.95 Å². The van der Waals surface area contributed by atoms with Crippen molar-refractivity contribution in [1.82, 2.24) is 9.97 Å². The van der Waals surface area contributed by atoms with Crippen LogP contribution in [-0.2, 0) is 0 Å². The molecule has 2 heterocycles. The molecule has 1 atom stereocenters. The Hall–Kier alpha value is -1.16. The molecule has 1 saturated heterocycles. The summed E-state index contributed by atoms with van der Waals surface area (Å²) in [6.45, 7) is 3.31. The van der Waals surface area contributed by atoms with E-state index in [4.69, 9.17) is 5.11 Å². The molecule has 16 heavy (non-hydrogen) atoms. The van der Waals surface area contributed by atoms with E-state index in [1.165, 1.54) is 12.8 Å². The molecule has 0 aromatic carbocycles. The molecule has 1 aliphatic rings. The predicted octanol–water partition coefficient (Wildman–Crippen LogP) is 1.53. The quantitative estimate of drug-likeness (QED) is 0.837. The van der Waals surface area contributed by atoms with Gasteiger partial charge in [-0.05, 0) is 38.2 Å². The van der Waals surface area contributed by atoms with Crippen molar-refractivity contribution in [2.75, 3.05) is 18.1 Å². The lowest BCUT2D eigenvalue weighted by Crippen LogP contribution is -2.30. The van der Waals surface area contributed by atoms with E-state index in [2.05, 4.69) is 14.9 Å². The van der Waals surface area contributed by atoms with E-state index >= 15 is 0 Å². The standard InChI is InChI=1S/C12H19N3O/c1-10-8-13-12(14-9-10)15-6-2-4-11(15)5-3-7-16/h8-9,11,16H,2-7H2,1H3. The molecule has 0 amide bonds. The van der Waals surface area contributed by atoms with Crippen LogP contribution < -0.4 is 4.90 Å². The number of rotatable bonds is 4. The molecule has 1 fully saturated rings. The highest BCUT2D eigenvalue weighted by Gasteiger charge is 2.25. The van der Waals surface area contributed by atoms with Crippen LogP contribution in [0.3, 0.4) is 0 Å². The summed E-state index contributed by atoms with van der Waals surface area (Å²) in [5.41, 5.74) is 1.09. The lowest BCUT2D eigenvalue weighted by Gasteiger charge is -2.24. The summed E-state index contributed by atoms with van der Waals surface area (Å²) >= 11 is 0. The third kappa shape index (κ3) is 2.50. The summed E-state index contributed by atoms with van der Waals surface area (Å²) < 4.78 is 0. The SMILES string of the molecule is Cc1cnc(N2CCCC2CCCO)nc1. The number of hydrogen-bond donors (Lipinski definition) is 1. The first-order valence-electron chi connectivity index (χ1n) is 5.97. The fourth-order valence-electron chi connectivity index (χ4n) is 2.26. The zero-order valence-electron chi connectivity index (χ0n) is 9.76. The molecule has 0 saturated carbocycles. The molecule has 4 heteroatoms. The first-order valence-corrected chi connectivity index (χ1v) is 5.97. The zero-order valence-corrected chi connectivity index (χ0v) is 9.76. The molecule has 4 nitrogen and oxygen atoms in total. The highest BCUT2D eigenvalue weighted by atomic mass is 16.2. The Kier molecular flexibility index (Phi) is 3.72. The molecule has 1 aliphatic heterocycles. The Bertz CT molecular complexity index is 326. The maximum Gasteiger partial charge on any atom is 0.225 e. The summed E-state index contributed by atoms with van der Waals surface area (Å²) in [7, 11) is 0. The Labute approximate surface area is 96.3 Å².